The van der Waals surface area contributed by atoms with Crippen LogP contribution in [0.4, 0.5) is 0 Å². The Labute approximate surface area is 181 Å². The zero-order valence-electron chi connectivity index (χ0n) is 17.9. The highest BCUT2D eigenvalue weighted by atomic mass is 16.3. The van der Waals surface area contributed by atoms with Gasteiger partial charge in [0, 0.05) is 36.3 Å². The maximum absolute atomic E-state index is 12.5. The second-order valence-electron chi connectivity index (χ2n) is 7.70. The average Bonchev–Trinajstić information content (AvgIpc) is 3.15. The smallest absolute Gasteiger partial charge is 0.251 e. The fourth-order valence-electron chi connectivity index (χ4n) is 3.61. The van der Waals surface area contributed by atoms with Crippen molar-refractivity contribution in [3.8, 4) is 0 Å². The summed E-state index contributed by atoms with van der Waals surface area (Å²) in [5.74, 6) is 1.31. The molecule has 6 heteroatoms. The van der Waals surface area contributed by atoms with E-state index < -0.39 is 0 Å². The predicted molar refractivity (Wildman–Crippen MR) is 120 cm³/mol. The second kappa shape index (κ2) is 9.51. The molecule has 4 rings (SSSR count). The largest absolute Gasteiger partial charge is 0.441 e. The highest BCUT2D eigenvalue weighted by molar-refractivity contribution is 5.97. The van der Waals surface area contributed by atoms with Gasteiger partial charge in [-0.1, -0.05) is 30.3 Å². The van der Waals surface area contributed by atoms with Gasteiger partial charge in [-0.2, -0.15) is 0 Å². The first kappa shape index (κ1) is 20.7. The van der Waals surface area contributed by atoms with Gasteiger partial charge in [-0.25, -0.2) is 15.0 Å². The van der Waals surface area contributed by atoms with E-state index in [0.29, 0.717) is 35.5 Å². The minimum Gasteiger partial charge on any atom is -0.441 e. The first-order valence-corrected chi connectivity index (χ1v) is 10.6. The summed E-state index contributed by atoms with van der Waals surface area (Å²) in [6, 6.07) is 17.7. The molecule has 0 aliphatic carbocycles. The van der Waals surface area contributed by atoms with Crippen molar-refractivity contribution < 1.29 is 9.21 Å². The molecule has 1 amide bonds. The molecule has 0 unspecified atom stereocenters. The maximum atomic E-state index is 12.5. The SMILES string of the molecule is Cc1cc(C)nc(CCNC(=O)c2ccc3oc(CCCc4ccccc4)nc3c2)n1. The van der Waals surface area contributed by atoms with E-state index in [2.05, 4.69) is 44.5 Å². The van der Waals surface area contributed by atoms with Gasteiger partial charge in [0.05, 0.1) is 0 Å². The molecule has 0 saturated carbocycles. The van der Waals surface area contributed by atoms with Crippen LogP contribution in [0.3, 0.4) is 0 Å². The summed E-state index contributed by atoms with van der Waals surface area (Å²) in [4.78, 5) is 25.9. The molecule has 2 aromatic heterocycles. The summed E-state index contributed by atoms with van der Waals surface area (Å²) in [5.41, 5.74) is 5.16. The molecule has 0 aliphatic rings. The van der Waals surface area contributed by atoms with Gasteiger partial charge in [-0.3, -0.25) is 4.79 Å². The third-order valence-corrected chi connectivity index (χ3v) is 5.06. The number of benzene rings is 2. The number of rotatable bonds is 8. The lowest BCUT2D eigenvalue weighted by molar-refractivity contribution is 0.0954. The van der Waals surface area contributed by atoms with E-state index in [-0.39, 0.29) is 5.91 Å². The number of nitrogens with zero attached hydrogens (tertiary/aromatic N) is 3. The zero-order chi connectivity index (χ0) is 21.6. The zero-order valence-corrected chi connectivity index (χ0v) is 17.9. The van der Waals surface area contributed by atoms with Crippen molar-refractivity contribution in [2.24, 2.45) is 0 Å². The van der Waals surface area contributed by atoms with E-state index in [9.17, 15) is 4.79 Å². The number of oxazole rings is 1. The summed E-state index contributed by atoms with van der Waals surface area (Å²) in [5, 5.41) is 2.93. The molecule has 0 saturated heterocycles. The van der Waals surface area contributed by atoms with E-state index in [1.54, 1.807) is 12.1 Å². The molecule has 2 heterocycles. The number of carbonyl (C=O) groups excluding carboxylic acids is 1. The van der Waals surface area contributed by atoms with Crippen LogP contribution in [-0.2, 0) is 19.3 Å². The minimum atomic E-state index is -0.139. The van der Waals surface area contributed by atoms with Crippen LogP contribution >= 0.6 is 0 Å². The van der Waals surface area contributed by atoms with Crippen LogP contribution in [0.5, 0.6) is 0 Å². The van der Waals surface area contributed by atoms with Crippen molar-refractivity contribution in [2.75, 3.05) is 6.54 Å². The van der Waals surface area contributed by atoms with E-state index in [4.69, 9.17) is 4.42 Å². The maximum Gasteiger partial charge on any atom is 0.251 e. The van der Waals surface area contributed by atoms with Crippen molar-refractivity contribution in [3.63, 3.8) is 0 Å². The van der Waals surface area contributed by atoms with Crippen LogP contribution in [0.1, 0.15) is 45.4 Å². The number of fused-ring (bicyclic) bond motifs is 1. The van der Waals surface area contributed by atoms with Crippen LogP contribution in [0.15, 0.2) is 59.0 Å². The quantitative estimate of drug-likeness (QED) is 0.463. The molecule has 158 valence electrons. The third kappa shape index (κ3) is 5.54. The highest BCUT2D eigenvalue weighted by Gasteiger charge is 2.11. The molecule has 1 N–H and O–H groups in total. The second-order valence-corrected chi connectivity index (χ2v) is 7.70. The van der Waals surface area contributed by atoms with Crippen molar-refractivity contribution in [3.05, 3.63) is 88.8 Å². The normalized spacial score (nSPS) is 11.0. The van der Waals surface area contributed by atoms with Crippen LogP contribution in [0.2, 0.25) is 0 Å². The Morgan fingerprint density at radius 3 is 2.45 bits per heavy atom. The van der Waals surface area contributed by atoms with Gasteiger partial charge in [0.25, 0.3) is 5.91 Å². The molecule has 31 heavy (non-hydrogen) atoms. The van der Waals surface area contributed by atoms with E-state index >= 15 is 0 Å². The summed E-state index contributed by atoms with van der Waals surface area (Å²) in [6.07, 6.45) is 3.30. The summed E-state index contributed by atoms with van der Waals surface area (Å²) in [7, 11) is 0. The predicted octanol–water partition coefficient (Wildman–Crippen LogP) is 4.38. The number of carbonyl (C=O) groups is 1. The molecule has 4 aromatic rings. The van der Waals surface area contributed by atoms with Crippen LogP contribution in [-0.4, -0.2) is 27.4 Å². The van der Waals surface area contributed by atoms with Crippen molar-refractivity contribution in [1.82, 2.24) is 20.3 Å². The Balaban J connectivity index is 1.33. The molecule has 0 aliphatic heterocycles. The van der Waals surface area contributed by atoms with Gasteiger partial charge < -0.3 is 9.73 Å². The topological polar surface area (TPSA) is 80.9 Å². The standard InChI is InChI=1S/C25H26N4O2/c1-17-15-18(2)28-23(27-17)13-14-26-25(30)20-11-12-22-21(16-20)29-24(31-22)10-6-9-19-7-4-3-5-8-19/h3-5,7-8,11-12,15-16H,6,9-10,13-14H2,1-2H3,(H,26,30). The number of hydrogen-bond donors (Lipinski definition) is 1. The van der Waals surface area contributed by atoms with E-state index in [1.807, 2.05) is 32.0 Å². The molecular weight excluding hydrogens is 388 g/mol. The van der Waals surface area contributed by atoms with E-state index in [1.165, 1.54) is 5.56 Å². The van der Waals surface area contributed by atoms with Crippen LogP contribution in [0.25, 0.3) is 11.1 Å². The molecule has 6 nitrogen and oxygen atoms in total. The molecular formula is C25H26N4O2. The highest BCUT2D eigenvalue weighted by Crippen LogP contribution is 2.19. The van der Waals surface area contributed by atoms with Crippen LogP contribution in [0, 0.1) is 13.8 Å². The lowest BCUT2D eigenvalue weighted by atomic mass is 10.1. The summed E-state index contributed by atoms with van der Waals surface area (Å²) >= 11 is 0. The Bertz CT molecular complexity index is 1160. The van der Waals surface area contributed by atoms with Gasteiger partial charge in [0.1, 0.15) is 11.3 Å². The molecule has 0 fully saturated rings. The lowest BCUT2D eigenvalue weighted by Gasteiger charge is -2.06. The van der Waals surface area contributed by atoms with Gasteiger partial charge in [0.2, 0.25) is 0 Å². The average molecular weight is 415 g/mol. The number of nitrogens with one attached hydrogen (secondary N) is 1. The molecule has 0 bridgehead atoms. The number of hydrogen-bond acceptors (Lipinski definition) is 5. The Kier molecular flexibility index (Phi) is 6.36. The first-order valence-electron chi connectivity index (χ1n) is 10.6. The van der Waals surface area contributed by atoms with Gasteiger partial charge in [-0.05, 0) is 56.5 Å². The van der Waals surface area contributed by atoms with Crippen molar-refractivity contribution in [1.29, 1.82) is 0 Å². The van der Waals surface area contributed by atoms with Crippen molar-refractivity contribution >= 4 is 17.0 Å². The first-order chi connectivity index (χ1) is 15.1. The minimum absolute atomic E-state index is 0.139. The van der Waals surface area contributed by atoms with Crippen molar-refractivity contribution in [2.45, 2.75) is 39.5 Å². The lowest BCUT2D eigenvalue weighted by Crippen LogP contribution is -2.26. The van der Waals surface area contributed by atoms with Gasteiger partial charge >= 0.3 is 0 Å². The Morgan fingerprint density at radius 2 is 1.68 bits per heavy atom. The fraction of sp³-hybridized carbons (Fsp3) is 0.280. The van der Waals surface area contributed by atoms with Gasteiger partial charge in [0.15, 0.2) is 11.5 Å². The third-order valence-electron chi connectivity index (χ3n) is 5.06. The van der Waals surface area contributed by atoms with Crippen LogP contribution < -0.4 is 5.32 Å². The fourth-order valence-corrected chi connectivity index (χ4v) is 3.61. The molecule has 2 aromatic carbocycles. The number of aryl methyl sites for hydroxylation is 4. The Morgan fingerprint density at radius 1 is 0.903 bits per heavy atom. The van der Waals surface area contributed by atoms with E-state index in [0.717, 1.165) is 36.5 Å². The summed E-state index contributed by atoms with van der Waals surface area (Å²) < 4.78 is 5.84. The monoisotopic (exact) mass is 414 g/mol. The summed E-state index contributed by atoms with van der Waals surface area (Å²) in [6.45, 7) is 4.36. The molecule has 0 radical (unpaired) electrons. The number of aromatic nitrogens is 3. The Hall–Kier alpha value is -3.54. The van der Waals surface area contributed by atoms with Gasteiger partial charge in [-0.15, -0.1) is 0 Å². The number of amides is 1. The molecule has 0 spiro atoms. The molecule has 0 atom stereocenters.